The molecule has 2 heterocycles. The second kappa shape index (κ2) is 10.6. The second-order valence-corrected chi connectivity index (χ2v) is 8.68. The van der Waals surface area contributed by atoms with E-state index in [-0.39, 0.29) is 5.91 Å². The number of hydrogen-bond acceptors (Lipinski definition) is 4. The molecule has 0 bridgehead atoms. The van der Waals surface area contributed by atoms with Gasteiger partial charge in [-0.15, -0.1) is 0 Å². The van der Waals surface area contributed by atoms with E-state index < -0.39 is 0 Å². The molecule has 0 aromatic heterocycles. The van der Waals surface area contributed by atoms with Crippen molar-refractivity contribution in [1.82, 2.24) is 0 Å². The molecular weight excluding hydrogens is 388 g/mol. The first kappa shape index (κ1) is 21.7. The third kappa shape index (κ3) is 5.99. The van der Waals surface area contributed by atoms with Crippen LogP contribution in [-0.2, 0) is 16.1 Å². The van der Waals surface area contributed by atoms with Crippen LogP contribution in [0.3, 0.4) is 0 Å². The van der Waals surface area contributed by atoms with Crippen LogP contribution in [0.4, 0.5) is 17.1 Å². The number of morpholine rings is 1. The van der Waals surface area contributed by atoms with Gasteiger partial charge in [0.05, 0.1) is 20.3 Å². The largest absolute Gasteiger partial charge is 0.378 e. The normalized spacial score (nSPS) is 18.0. The molecule has 1 amide bonds. The summed E-state index contributed by atoms with van der Waals surface area (Å²) < 4.78 is 5.49. The first-order valence-corrected chi connectivity index (χ1v) is 11.6. The Bertz CT molecular complexity index is 843. The Balaban J connectivity index is 1.30. The van der Waals surface area contributed by atoms with Crippen LogP contribution in [0.5, 0.6) is 0 Å². The number of nitrogens with zero attached hydrogens (tertiary/aromatic N) is 2. The molecule has 6 nitrogen and oxygen atoms in total. The maximum absolute atomic E-state index is 12.6. The summed E-state index contributed by atoms with van der Waals surface area (Å²) in [5.74, 6) is 0.0482. The van der Waals surface area contributed by atoms with E-state index in [1.54, 1.807) is 0 Å². The molecule has 2 aromatic rings. The van der Waals surface area contributed by atoms with Gasteiger partial charge in [-0.3, -0.25) is 4.79 Å². The number of rotatable bonds is 7. The van der Waals surface area contributed by atoms with Crippen LogP contribution in [0.25, 0.3) is 0 Å². The molecule has 0 radical (unpaired) electrons. The van der Waals surface area contributed by atoms with E-state index in [0.29, 0.717) is 6.54 Å². The Hall–Kier alpha value is -2.57. The molecule has 31 heavy (non-hydrogen) atoms. The Kier molecular flexibility index (Phi) is 7.43. The number of carbonyl (C=O) groups is 1. The van der Waals surface area contributed by atoms with E-state index in [9.17, 15) is 4.79 Å². The molecule has 2 N–H and O–H groups in total. The summed E-state index contributed by atoms with van der Waals surface area (Å²) in [5.41, 5.74) is 4.66. The quantitative estimate of drug-likeness (QED) is 0.717. The van der Waals surface area contributed by atoms with Crippen molar-refractivity contribution in [2.75, 3.05) is 68.1 Å². The molecule has 1 atom stereocenters. The predicted octanol–water partition coefficient (Wildman–Crippen LogP) is 2.17. The van der Waals surface area contributed by atoms with Gasteiger partial charge in [0.15, 0.2) is 6.54 Å². The highest BCUT2D eigenvalue weighted by Crippen LogP contribution is 2.22. The van der Waals surface area contributed by atoms with Gasteiger partial charge in [-0.05, 0) is 49.6 Å². The van der Waals surface area contributed by atoms with Crippen molar-refractivity contribution in [3.63, 3.8) is 0 Å². The lowest BCUT2D eigenvalue weighted by Crippen LogP contribution is -3.08. The van der Waals surface area contributed by atoms with Crippen LogP contribution in [0.15, 0.2) is 48.5 Å². The number of amides is 1. The predicted molar refractivity (Wildman–Crippen MR) is 126 cm³/mol. The summed E-state index contributed by atoms with van der Waals surface area (Å²) in [7, 11) is 2.08. The summed E-state index contributed by atoms with van der Waals surface area (Å²) in [4.78, 5) is 18.6. The molecular formula is C25H35N4O2+. The van der Waals surface area contributed by atoms with Crippen LogP contribution in [-0.4, -0.2) is 58.9 Å². The minimum absolute atomic E-state index is 0.0482. The van der Waals surface area contributed by atoms with Crippen LogP contribution < -0.4 is 20.0 Å². The number of ether oxygens (including phenoxy) is 1. The Labute approximate surface area is 185 Å². The second-order valence-electron chi connectivity index (χ2n) is 8.68. The van der Waals surface area contributed by atoms with Crippen LogP contribution in [0, 0.1) is 0 Å². The van der Waals surface area contributed by atoms with Gasteiger partial charge >= 0.3 is 0 Å². The highest BCUT2D eigenvalue weighted by atomic mass is 16.5. The fourth-order valence-electron chi connectivity index (χ4n) is 4.55. The van der Waals surface area contributed by atoms with Gasteiger partial charge in [-0.25, -0.2) is 0 Å². The summed E-state index contributed by atoms with van der Waals surface area (Å²) in [6, 6.07) is 16.8. The number of carbonyl (C=O) groups excluding carboxylic acids is 1. The van der Waals surface area contributed by atoms with E-state index in [0.717, 1.165) is 51.6 Å². The number of nitrogens with one attached hydrogen (secondary N) is 2. The molecule has 4 rings (SSSR count). The molecule has 2 aliphatic rings. The molecule has 0 saturated carbocycles. The van der Waals surface area contributed by atoms with Gasteiger partial charge < -0.3 is 24.8 Å². The molecule has 166 valence electrons. The number of benzene rings is 2. The van der Waals surface area contributed by atoms with Crippen LogP contribution in [0.1, 0.15) is 24.8 Å². The van der Waals surface area contributed by atoms with Crippen LogP contribution in [0.2, 0.25) is 0 Å². The Morgan fingerprint density at radius 1 is 0.935 bits per heavy atom. The van der Waals surface area contributed by atoms with Crippen molar-refractivity contribution in [3.8, 4) is 0 Å². The molecule has 2 aromatic carbocycles. The van der Waals surface area contributed by atoms with Crippen molar-refractivity contribution >= 4 is 23.0 Å². The van der Waals surface area contributed by atoms with Gasteiger partial charge in [-0.2, -0.15) is 0 Å². The number of piperidine rings is 1. The van der Waals surface area contributed by atoms with E-state index in [4.69, 9.17) is 4.74 Å². The number of hydrogen-bond donors (Lipinski definition) is 2. The molecule has 0 spiro atoms. The summed E-state index contributed by atoms with van der Waals surface area (Å²) in [6.07, 6.45) is 3.86. The molecule has 6 heteroatoms. The lowest BCUT2D eigenvalue weighted by Gasteiger charge is -2.30. The Morgan fingerprint density at radius 3 is 2.39 bits per heavy atom. The fraction of sp³-hybridized carbons (Fsp3) is 0.480. The summed E-state index contributed by atoms with van der Waals surface area (Å²) in [5, 5.41) is 3.06. The molecule has 1 unspecified atom stereocenters. The zero-order valence-corrected chi connectivity index (χ0v) is 18.6. The number of anilines is 3. The standard InChI is InChI=1S/C25H34N4O2/c1-27(19-21-7-3-4-8-24(21)29-15-17-31-18-16-29)20-25(30)26-22-9-11-23(12-10-22)28-13-5-2-6-14-28/h3-4,7-12H,2,5-6,13-20H2,1H3,(H,26,30)/p+1. The zero-order valence-electron chi connectivity index (χ0n) is 18.6. The number of para-hydroxylation sites is 1. The first-order valence-electron chi connectivity index (χ1n) is 11.6. The van der Waals surface area contributed by atoms with Crippen LogP contribution >= 0.6 is 0 Å². The summed E-state index contributed by atoms with van der Waals surface area (Å²) >= 11 is 0. The number of likely N-dealkylation sites (N-methyl/N-ethyl adjacent to an activating group) is 1. The van der Waals surface area contributed by atoms with Crippen molar-refractivity contribution in [3.05, 3.63) is 54.1 Å². The van der Waals surface area contributed by atoms with E-state index >= 15 is 0 Å². The molecule has 2 aliphatic heterocycles. The van der Waals surface area contributed by atoms with Gasteiger partial charge in [-0.1, -0.05) is 18.2 Å². The third-order valence-electron chi connectivity index (χ3n) is 6.17. The molecule has 0 aliphatic carbocycles. The highest BCUT2D eigenvalue weighted by Gasteiger charge is 2.18. The highest BCUT2D eigenvalue weighted by molar-refractivity contribution is 5.91. The van der Waals surface area contributed by atoms with E-state index in [1.165, 1.54) is 41.1 Å². The minimum atomic E-state index is 0.0482. The summed E-state index contributed by atoms with van der Waals surface area (Å²) in [6.45, 7) is 6.90. The topological polar surface area (TPSA) is 49.2 Å². The van der Waals surface area contributed by atoms with Crippen molar-refractivity contribution in [1.29, 1.82) is 0 Å². The maximum Gasteiger partial charge on any atom is 0.279 e. The Morgan fingerprint density at radius 2 is 1.65 bits per heavy atom. The smallest absolute Gasteiger partial charge is 0.279 e. The maximum atomic E-state index is 12.6. The van der Waals surface area contributed by atoms with Crippen molar-refractivity contribution in [2.45, 2.75) is 25.8 Å². The molecule has 2 saturated heterocycles. The lowest BCUT2D eigenvalue weighted by atomic mass is 10.1. The fourth-order valence-corrected chi connectivity index (χ4v) is 4.55. The van der Waals surface area contributed by atoms with Gasteiger partial charge in [0, 0.05) is 48.8 Å². The van der Waals surface area contributed by atoms with Gasteiger partial charge in [0.1, 0.15) is 6.54 Å². The third-order valence-corrected chi connectivity index (χ3v) is 6.17. The number of quaternary nitrogens is 1. The zero-order chi connectivity index (χ0) is 21.5. The first-order chi connectivity index (χ1) is 15.2. The lowest BCUT2D eigenvalue weighted by molar-refractivity contribution is -0.885. The SMILES string of the molecule is C[NH+](CC(=O)Nc1ccc(N2CCCCC2)cc1)Cc1ccccc1N1CCOCC1. The average molecular weight is 424 g/mol. The van der Waals surface area contributed by atoms with Gasteiger partial charge in [0.25, 0.3) is 5.91 Å². The van der Waals surface area contributed by atoms with Crippen molar-refractivity contribution in [2.24, 2.45) is 0 Å². The van der Waals surface area contributed by atoms with Gasteiger partial charge in [0.2, 0.25) is 0 Å². The monoisotopic (exact) mass is 423 g/mol. The van der Waals surface area contributed by atoms with Crippen molar-refractivity contribution < 1.29 is 14.4 Å². The molecule has 2 fully saturated rings. The van der Waals surface area contributed by atoms with E-state index in [1.807, 2.05) is 12.1 Å². The van der Waals surface area contributed by atoms with E-state index in [2.05, 4.69) is 58.6 Å². The average Bonchev–Trinajstić information content (AvgIpc) is 2.81. The minimum Gasteiger partial charge on any atom is -0.378 e.